The minimum atomic E-state index is -0.216. The summed E-state index contributed by atoms with van der Waals surface area (Å²) in [5, 5.41) is 8.23. The molecule has 0 aromatic carbocycles. The van der Waals surface area contributed by atoms with E-state index in [-0.39, 0.29) is 6.29 Å². The summed E-state index contributed by atoms with van der Waals surface area (Å²) in [7, 11) is 0. The quantitative estimate of drug-likeness (QED) is 0.406. The van der Waals surface area contributed by atoms with E-state index in [0.29, 0.717) is 17.7 Å². The fourth-order valence-corrected chi connectivity index (χ4v) is 3.73. The van der Waals surface area contributed by atoms with Crippen molar-refractivity contribution in [3.05, 3.63) is 0 Å². The summed E-state index contributed by atoms with van der Waals surface area (Å²) in [5.41, 5.74) is 0. The highest BCUT2D eigenvalue weighted by molar-refractivity contribution is 5.75. The van der Waals surface area contributed by atoms with Gasteiger partial charge in [-0.25, -0.2) is 0 Å². The average molecular weight is 309 g/mol. The lowest BCUT2D eigenvalue weighted by atomic mass is 9.83. The Morgan fingerprint density at radius 3 is 2.05 bits per heavy atom. The first kappa shape index (κ1) is 17.8. The molecule has 2 fully saturated rings. The zero-order valence-corrected chi connectivity index (χ0v) is 14.8. The molecule has 3 nitrogen and oxygen atoms in total. The molecule has 2 saturated carbocycles. The first-order valence-electron chi connectivity index (χ1n) is 9.45. The SMILES string of the molecule is CCC(OCC1CCC(C)CC1)OC(=N)C1CCC(C)CC1. The van der Waals surface area contributed by atoms with Crippen LogP contribution in [-0.4, -0.2) is 18.8 Å². The van der Waals surface area contributed by atoms with Gasteiger partial charge in [0.1, 0.15) is 0 Å². The average Bonchev–Trinajstić information content (AvgIpc) is 2.53. The van der Waals surface area contributed by atoms with E-state index in [1.807, 2.05) is 0 Å². The fraction of sp³-hybridized carbons (Fsp3) is 0.947. The molecule has 0 saturated heterocycles. The van der Waals surface area contributed by atoms with Gasteiger partial charge in [-0.15, -0.1) is 0 Å². The van der Waals surface area contributed by atoms with Crippen molar-refractivity contribution in [2.45, 2.75) is 84.8 Å². The maximum atomic E-state index is 8.23. The molecule has 3 heteroatoms. The van der Waals surface area contributed by atoms with Crippen LogP contribution in [0.3, 0.4) is 0 Å². The van der Waals surface area contributed by atoms with E-state index >= 15 is 0 Å². The highest BCUT2D eigenvalue weighted by Gasteiger charge is 2.25. The molecular weight excluding hydrogens is 274 g/mol. The summed E-state index contributed by atoms with van der Waals surface area (Å²) in [6.07, 6.45) is 10.5. The van der Waals surface area contributed by atoms with Gasteiger partial charge in [-0.2, -0.15) is 0 Å². The smallest absolute Gasteiger partial charge is 0.200 e. The number of hydrogen-bond donors (Lipinski definition) is 1. The van der Waals surface area contributed by atoms with Gasteiger partial charge in [0.2, 0.25) is 6.29 Å². The highest BCUT2D eigenvalue weighted by Crippen LogP contribution is 2.31. The predicted molar refractivity (Wildman–Crippen MR) is 91.1 cm³/mol. The predicted octanol–water partition coefficient (Wildman–Crippen LogP) is 5.39. The third-order valence-electron chi connectivity index (χ3n) is 5.63. The molecular formula is C19H35NO2. The Bertz CT molecular complexity index is 328. The second-order valence-corrected chi connectivity index (χ2v) is 7.74. The van der Waals surface area contributed by atoms with Crippen molar-refractivity contribution in [2.75, 3.05) is 6.61 Å². The molecule has 0 heterocycles. The molecule has 0 aromatic heterocycles. The van der Waals surface area contributed by atoms with E-state index in [1.54, 1.807) is 0 Å². The maximum absolute atomic E-state index is 8.23. The van der Waals surface area contributed by atoms with E-state index in [2.05, 4.69) is 20.8 Å². The van der Waals surface area contributed by atoms with Crippen molar-refractivity contribution in [3.8, 4) is 0 Å². The summed E-state index contributed by atoms with van der Waals surface area (Å²) in [6.45, 7) is 7.55. The van der Waals surface area contributed by atoms with Crippen molar-refractivity contribution in [3.63, 3.8) is 0 Å². The van der Waals surface area contributed by atoms with Crippen molar-refractivity contribution in [1.82, 2.24) is 0 Å². The van der Waals surface area contributed by atoms with Crippen molar-refractivity contribution < 1.29 is 9.47 Å². The Morgan fingerprint density at radius 1 is 0.955 bits per heavy atom. The van der Waals surface area contributed by atoms with E-state index in [4.69, 9.17) is 14.9 Å². The van der Waals surface area contributed by atoms with Crippen LogP contribution < -0.4 is 0 Å². The van der Waals surface area contributed by atoms with Crippen LogP contribution in [0.5, 0.6) is 0 Å². The van der Waals surface area contributed by atoms with E-state index in [9.17, 15) is 0 Å². The van der Waals surface area contributed by atoms with Crippen molar-refractivity contribution in [2.24, 2.45) is 23.7 Å². The first-order valence-corrected chi connectivity index (χ1v) is 9.45. The molecule has 128 valence electrons. The molecule has 2 aliphatic rings. The Balaban J connectivity index is 1.68. The van der Waals surface area contributed by atoms with E-state index < -0.39 is 0 Å². The fourth-order valence-electron chi connectivity index (χ4n) is 3.73. The normalized spacial score (nSPS) is 34.1. The molecule has 0 spiro atoms. The summed E-state index contributed by atoms with van der Waals surface area (Å²) in [4.78, 5) is 0. The molecule has 2 aliphatic carbocycles. The van der Waals surface area contributed by atoms with E-state index in [0.717, 1.165) is 37.7 Å². The molecule has 1 atom stereocenters. The molecule has 2 rings (SSSR count). The molecule has 0 aromatic rings. The van der Waals surface area contributed by atoms with Gasteiger partial charge in [0, 0.05) is 12.3 Å². The Kier molecular flexibility index (Phi) is 7.20. The highest BCUT2D eigenvalue weighted by atomic mass is 16.7. The Morgan fingerprint density at radius 2 is 1.50 bits per heavy atom. The lowest BCUT2D eigenvalue weighted by Crippen LogP contribution is -2.29. The van der Waals surface area contributed by atoms with Crippen LogP contribution in [0.25, 0.3) is 0 Å². The van der Waals surface area contributed by atoms with Crippen LogP contribution in [0.4, 0.5) is 0 Å². The number of ether oxygens (including phenoxy) is 2. The van der Waals surface area contributed by atoms with Gasteiger partial charge < -0.3 is 9.47 Å². The molecule has 1 unspecified atom stereocenters. The molecule has 0 radical (unpaired) electrons. The molecule has 0 aliphatic heterocycles. The van der Waals surface area contributed by atoms with Crippen LogP contribution >= 0.6 is 0 Å². The molecule has 22 heavy (non-hydrogen) atoms. The zero-order chi connectivity index (χ0) is 15.9. The Hall–Kier alpha value is -0.570. The van der Waals surface area contributed by atoms with Gasteiger partial charge in [-0.3, -0.25) is 5.41 Å². The van der Waals surface area contributed by atoms with Crippen LogP contribution in [0, 0.1) is 29.1 Å². The largest absolute Gasteiger partial charge is 0.452 e. The monoisotopic (exact) mass is 309 g/mol. The van der Waals surface area contributed by atoms with Gasteiger partial charge in [0.15, 0.2) is 5.90 Å². The topological polar surface area (TPSA) is 42.3 Å². The van der Waals surface area contributed by atoms with Gasteiger partial charge in [-0.1, -0.05) is 33.6 Å². The van der Waals surface area contributed by atoms with Crippen LogP contribution in [0.2, 0.25) is 0 Å². The molecule has 0 amide bonds. The third-order valence-corrected chi connectivity index (χ3v) is 5.63. The second kappa shape index (κ2) is 8.90. The summed E-state index contributed by atoms with van der Waals surface area (Å²) in [5.74, 6) is 3.19. The van der Waals surface area contributed by atoms with Crippen LogP contribution in [0.15, 0.2) is 0 Å². The number of nitrogens with one attached hydrogen (secondary N) is 1. The summed E-state index contributed by atoms with van der Waals surface area (Å²) < 4.78 is 11.8. The maximum Gasteiger partial charge on any atom is 0.200 e. The van der Waals surface area contributed by atoms with Gasteiger partial charge in [0.25, 0.3) is 0 Å². The zero-order valence-electron chi connectivity index (χ0n) is 14.8. The summed E-state index contributed by atoms with van der Waals surface area (Å²) in [6, 6.07) is 0. The third kappa shape index (κ3) is 5.57. The molecule has 1 N–H and O–H groups in total. The van der Waals surface area contributed by atoms with Crippen molar-refractivity contribution >= 4 is 5.90 Å². The van der Waals surface area contributed by atoms with Gasteiger partial charge in [0.05, 0.1) is 6.61 Å². The first-order chi connectivity index (χ1) is 10.6. The number of rotatable bonds is 6. The van der Waals surface area contributed by atoms with Gasteiger partial charge >= 0.3 is 0 Å². The minimum Gasteiger partial charge on any atom is -0.452 e. The molecule has 0 bridgehead atoms. The van der Waals surface area contributed by atoms with Crippen LogP contribution in [-0.2, 0) is 9.47 Å². The standard InChI is InChI=1S/C19H35NO2/c1-4-18(21-13-16-9-5-14(2)6-10-16)22-19(20)17-11-7-15(3)8-12-17/h14-18,20H,4-13H2,1-3H3. The second-order valence-electron chi connectivity index (χ2n) is 7.74. The summed E-state index contributed by atoms with van der Waals surface area (Å²) >= 11 is 0. The lowest BCUT2D eigenvalue weighted by molar-refractivity contribution is -0.108. The number of hydrogen-bond acceptors (Lipinski definition) is 3. The van der Waals surface area contributed by atoms with E-state index in [1.165, 1.54) is 38.5 Å². The minimum absolute atomic E-state index is 0.216. The van der Waals surface area contributed by atoms with Crippen LogP contribution in [0.1, 0.15) is 78.6 Å². The Labute approximate surface area is 136 Å². The van der Waals surface area contributed by atoms with Crippen molar-refractivity contribution in [1.29, 1.82) is 5.41 Å². The lowest BCUT2D eigenvalue weighted by Gasteiger charge is -2.30. The van der Waals surface area contributed by atoms with Gasteiger partial charge in [-0.05, 0) is 56.3 Å².